The van der Waals surface area contributed by atoms with Crippen molar-refractivity contribution in [3.05, 3.63) is 47.2 Å². The molecule has 0 unspecified atom stereocenters. The Kier molecular flexibility index (Phi) is 5.33. The van der Waals surface area contributed by atoms with E-state index in [9.17, 15) is 4.79 Å². The first kappa shape index (κ1) is 15.5. The zero-order chi connectivity index (χ0) is 15.2. The third kappa shape index (κ3) is 4.56. The van der Waals surface area contributed by atoms with Gasteiger partial charge in [0.15, 0.2) is 0 Å². The van der Waals surface area contributed by atoms with E-state index in [0.717, 1.165) is 5.56 Å². The number of hydrogen-bond donors (Lipinski definition) is 1. The lowest BCUT2D eigenvalue weighted by Gasteiger charge is -2.22. The quantitative estimate of drug-likeness (QED) is 0.891. The van der Waals surface area contributed by atoms with Crippen LogP contribution in [0.15, 0.2) is 36.7 Å². The third-order valence-corrected chi connectivity index (χ3v) is 3.68. The highest BCUT2D eigenvalue weighted by Crippen LogP contribution is 2.15. The Balaban J connectivity index is 1.97. The molecule has 0 aliphatic heterocycles. The number of aromatic nitrogens is 3. The van der Waals surface area contributed by atoms with E-state index in [1.807, 2.05) is 18.2 Å². The number of carbonyl (C=O) groups excluding carboxylic acids is 1. The van der Waals surface area contributed by atoms with Crippen LogP contribution in [0.25, 0.3) is 0 Å². The number of nitrogens with one attached hydrogen (secondary N) is 1. The topological polar surface area (TPSA) is 59.8 Å². The Morgan fingerprint density at radius 3 is 2.76 bits per heavy atom. The van der Waals surface area contributed by atoms with Crippen LogP contribution in [0.3, 0.4) is 0 Å². The number of halogens is 1. The average Bonchev–Trinajstić information content (AvgIpc) is 2.93. The van der Waals surface area contributed by atoms with E-state index >= 15 is 0 Å². The van der Waals surface area contributed by atoms with Gasteiger partial charge in [-0.25, -0.2) is 0 Å². The summed E-state index contributed by atoms with van der Waals surface area (Å²) in [7, 11) is 0. The molecule has 1 N–H and O–H groups in total. The van der Waals surface area contributed by atoms with Gasteiger partial charge in [-0.05, 0) is 17.5 Å². The van der Waals surface area contributed by atoms with Crippen LogP contribution in [0.5, 0.6) is 0 Å². The van der Waals surface area contributed by atoms with E-state index < -0.39 is 0 Å². The fourth-order valence-electron chi connectivity index (χ4n) is 2.03. The minimum absolute atomic E-state index is 0.00156. The minimum atomic E-state index is -0.0399. The molecule has 0 bridgehead atoms. The summed E-state index contributed by atoms with van der Waals surface area (Å²) in [6.07, 6.45) is 3.69. The van der Waals surface area contributed by atoms with Crippen molar-refractivity contribution in [1.82, 2.24) is 20.3 Å². The lowest BCUT2D eigenvalue weighted by molar-refractivity contribution is -0.121. The monoisotopic (exact) mass is 306 g/mol. The number of amides is 1. The van der Waals surface area contributed by atoms with E-state index in [2.05, 4.69) is 29.5 Å². The first-order chi connectivity index (χ1) is 10.1. The molecule has 1 aromatic carbocycles. The summed E-state index contributed by atoms with van der Waals surface area (Å²) < 4.78 is 1.72. The molecule has 1 atom stereocenters. The molecule has 0 saturated heterocycles. The average molecular weight is 307 g/mol. The summed E-state index contributed by atoms with van der Waals surface area (Å²) in [6.45, 7) is 4.74. The predicted octanol–water partition coefficient (Wildman–Crippen LogP) is 2.31. The van der Waals surface area contributed by atoms with Crippen LogP contribution < -0.4 is 5.32 Å². The van der Waals surface area contributed by atoms with Gasteiger partial charge in [0, 0.05) is 11.2 Å². The van der Waals surface area contributed by atoms with Crippen LogP contribution in [0.4, 0.5) is 0 Å². The van der Waals surface area contributed by atoms with Crippen molar-refractivity contribution in [3.63, 3.8) is 0 Å². The summed E-state index contributed by atoms with van der Waals surface area (Å²) in [5.41, 5.74) is 0.833. The van der Waals surface area contributed by atoms with E-state index in [1.54, 1.807) is 23.1 Å². The second-order valence-corrected chi connectivity index (χ2v) is 5.72. The second-order valence-electron chi connectivity index (χ2n) is 5.31. The van der Waals surface area contributed by atoms with Gasteiger partial charge in [0.2, 0.25) is 5.91 Å². The second kappa shape index (κ2) is 7.22. The Morgan fingerprint density at radius 2 is 2.14 bits per heavy atom. The van der Waals surface area contributed by atoms with Gasteiger partial charge in [-0.1, -0.05) is 48.9 Å². The first-order valence-electron chi connectivity index (χ1n) is 6.93. The Hall–Kier alpha value is -1.88. The summed E-state index contributed by atoms with van der Waals surface area (Å²) in [5, 5.41) is 11.4. The molecule has 0 fully saturated rings. The van der Waals surface area contributed by atoms with Gasteiger partial charge in [0.05, 0.1) is 25.2 Å². The SMILES string of the molecule is CC(C)[C@@H](Cn1ccnn1)NC(=O)Cc1ccccc1Cl. The summed E-state index contributed by atoms with van der Waals surface area (Å²) in [4.78, 5) is 12.2. The fourth-order valence-corrected chi connectivity index (χ4v) is 2.23. The van der Waals surface area contributed by atoms with Crippen LogP contribution in [-0.4, -0.2) is 26.9 Å². The van der Waals surface area contributed by atoms with Gasteiger partial charge < -0.3 is 5.32 Å². The highest BCUT2D eigenvalue weighted by molar-refractivity contribution is 6.31. The van der Waals surface area contributed by atoms with Gasteiger partial charge >= 0.3 is 0 Å². The molecule has 1 heterocycles. The Labute approximate surface area is 129 Å². The molecule has 0 aliphatic rings. The molecule has 1 amide bonds. The maximum absolute atomic E-state index is 12.2. The maximum atomic E-state index is 12.2. The number of benzene rings is 1. The number of rotatable bonds is 6. The molecule has 0 aliphatic carbocycles. The zero-order valence-electron chi connectivity index (χ0n) is 12.2. The zero-order valence-corrected chi connectivity index (χ0v) is 12.9. The molecule has 0 saturated carbocycles. The largest absolute Gasteiger partial charge is 0.351 e. The maximum Gasteiger partial charge on any atom is 0.224 e. The molecular formula is C15H19ClN4O. The van der Waals surface area contributed by atoms with Gasteiger partial charge in [0.25, 0.3) is 0 Å². The standard InChI is InChI=1S/C15H19ClN4O/c1-11(2)14(10-20-8-7-17-19-20)18-15(21)9-12-5-3-4-6-13(12)16/h3-8,11,14H,9-10H2,1-2H3,(H,18,21)/t14-/m1/s1. The lowest BCUT2D eigenvalue weighted by Crippen LogP contribution is -2.42. The van der Waals surface area contributed by atoms with Crippen molar-refractivity contribution >= 4 is 17.5 Å². The van der Waals surface area contributed by atoms with Gasteiger partial charge in [-0.15, -0.1) is 5.10 Å². The van der Waals surface area contributed by atoms with Gasteiger partial charge in [-0.3, -0.25) is 9.48 Å². The van der Waals surface area contributed by atoms with Crippen molar-refractivity contribution in [2.75, 3.05) is 0 Å². The van der Waals surface area contributed by atoms with Crippen molar-refractivity contribution < 1.29 is 4.79 Å². The van der Waals surface area contributed by atoms with E-state index in [0.29, 0.717) is 17.5 Å². The molecule has 2 rings (SSSR count). The molecule has 1 aromatic heterocycles. The highest BCUT2D eigenvalue weighted by atomic mass is 35.5. The Morgan fingerprint density at radius 1 is 1.38 bits per heavy atom. The van der Waals surface area contributed by atoms with E-state index in [4.69, 9.17) is 11.6 Å². The van der Waals surface area contributed by atoms with Crippen molar-refractivity contribution in [3.8, 4) is 0 Å². The minimum Gasteiger partial charge on any atom is -0.351 e. The summed E-state index contributed by atoms with van der Waals surface area (Å²) >= 11 is 6.08. The van der Waals surface area contributed by atoms with Gasteiger partial charge in [0.1, 0.15) is 0 Å². The number of nitrogens with zero attached hydrogens (tertiary/aromatic N) is 3. The van der Waals surface area contributed by atoms with E-state index in [1.165, 1.54) is 0 Å². The van der Waals surface area contributed by atoms with Crippen molar-refractivity contribution in [2.45, 2.75) is 32.9 Å². The molecule has 21 heavy (non-hydrogen) atoms. The first-order valence-corrected chi connectivity index (χ1v) is 7.31. The molecule has 112 valence electrons. The molecule has 2 aromatic rings. The predicted molar refractivity (Wildman–Crippen MR) is 81.9 cm³/mol. The highest BCUT2D eigenvalue weighted by Gasteiger charge is 2.18. The van der Waals surface area contributed by atoms with Crippen LogP contribution in [0.1, 0.15) is 19.4 Å². The Bertz CT molecular complexity index is 583. The normalized spacial score (nSPS) is 12.4. The van der Waals surface area contributed by atoms with Crippen LogP contribution in [0.2, 0.25) is 5.02 Å². The smallest absolute Gasteiger partial charge is 0.224 e. The van der Waals surface area contributed by atoms with Crippen molar-refractivity contribution in [1.29, 1.82) is 0 Å². The molecular weight excluding hydrogens is 288 g/mol. The molecule has 5 nitrogen and oxygen atoms in total. The van der Waals surface area contributed by atoms with E-state index in [-0.39, 0.29) is 18.4 Å². The summed E-state index contributed by atoms with van der Waals surface area (Å²) in [6, 6.07) is 7.39. The molecule has 6 heteroatoms. The summed E-state index contributed by atoms with van der Waals surface area (Å²) in [5.74, 6) is 0.256. The van der Waals surface area contributed by atoms with Gasteiger partial charge in [-0.2, -0.15) is 0 Å². The van der Waals surface area contributed by atoms with Crippen molar-refractivity contribution in [2.24, 2.45) is 5.92 Å². The third-order valence-electron chi connectivity index (χ3n) is 3.32. The fraction of sp³-hybridized carbons (Fsp3) is 0.400. The molecule has 0 radical (unpaired) electrons. The number of hydrogen-bond acceptors (Lipinski definition) is 3. The molecule has 0 spiro atoms. The van der Waals surface area contributed by atoms with Crippen LogP contribution in [0, 0.1) is 5.92 Å². The lowest BCUT2D eigenvalue weighted by atomic mass is 10.0. The van der Waals surface area contributed by atoms with Crippen LogP contribution >= 0.6 is 11.6 Å². The number of carbonyl (C=O) groups is 1. The van der Waals surface area contributed by atoms with Crippen LogP contribution in [-0.2, 0) is 17.8 Å².